The maximum atomic E-state index is 13.3. The van der Waals surface area contributed by atoms with E-state index < -0.39 is 12.2 Å². The largest absolute Gasteiger partial charge is 0.405 e. The predicted molar refractivity (Wildman–Crippen MR) is 144 cm³/mol. The van der Waals surface area contributed by atoms with Gasteiger partial charge >= 0.3 is 6.18 Å². The fraction of sp³-hybridized carbons (Fsp3) is 0.964. The average Bonchev–Trinajstić information content (AvgIpc) is 3.37. The molecule has 0 aromatic carbocycles. The Morgan fingerprint density at radius 1 is 1.00 bits per heavy atom. The molecule has 8 unspecified atom stereocenters. The standard InChI is InChI=1S/C28H50F3N7/c1-16(2)20-11-6-17(3)12-21(20)24-33-13-22-26(35-24)38(27(32)37(22)5)14-18-7-9-19(10-8-18)25-34-23(15-36(25)4)28(29,30)31/h16-26,32-35H,6-15H2,1-5H3. The summed E-state index contributed by atoms with van der Waals surface area (Å²) in [7, 11) is 3.85. The molecule has 38 heavy (non-hydrogen) atoms. The molecule has 0 amide bonds. The van der Waals surface area contributed by atoms with Crippen molar-refractivity contribution in [1.82, 2.24) is 30.7 Å². The second-order valence-corrected chi connectivity index (χ2v) is 13.6. The molecule has 5 aliphatic rings. The van der Waals surface area contributed by atoms with E-state index in [2.05, 4.69) is 46.5 Å². The summed E-state index contributed by atoms with van der Waals surface area (Å²) < 4.78 is 39.8. The van der Waals surface area contributed by atoms with Crippen LogP contribution in [0.15, 0.2) is 0 Å². The molecule has 0 bridgehead atoms. The molecule has 0 radical (unpaired) electrons. The Morgan fingerprint density at radius 3 is 2.34 bits per heavy atom. The maximum Gasteiger partial charge on any atom is 0.405 e. The minimum absolute atomic E-state index is 0.0345. The molecule has 2 saturated carbocycles. The third-order valence-electron chi connectivity index (χ3n) is 10.7. The summed E-state index contributed by atoms with van der Waals surface area (Å²) in [4.78, 5) is 6.26. The Balaban J connectivity index is 1.20. The zero-order chi connectivity index (χ0) is 27.4. The van der Waals surface area contributed by atoms with Gasteiger partial charge in [-0.15, -0.1) is 0 Å². The van der Waals surface area contributed by atoms with Crippen LogP contribution in [0.4, 0.5) is 13.2 Å². The molecule has 3 saturated heterocycles. The third kappa shape index (κ3) is 5.56. The van der Waals surface area contributed by atoms with Gasteiger partial charge in [-0.3, -0.25) is 26.3 Å². The lowest BCUT2D eigenvalue weighted by atomic mass is 9.68. The molecule has 218 valence electrons. The fourth-order valence-corrected chi connectivity index (χ4v) is 8.43. The minimum Gasteiger partial charge on any atom is -0.338 e. The van der Waals surface area contributed by atoms with Crippen LogP contribution in [-0.2, 0) is 0 Å². The van der Waals surface area contributed by atoms with Gasteiger partial charge in [-0.25, -0.2) is 0 Å². The molecule has 3 heterocycles. The Morgan fingerprint density at radius 2 is 1.71 bits per heavy atom. The first-order valence-corrected chi connectivity index (χ1v) is 15.0. The highest BCUT2D eigenvalue weighted by molar-refractivity contribution is 5.80. The summed E-state index contributed by atoms with van der Waals surface area (Å²) in [5.74, 6) is 4.07. The van der Waals surface area contributed by atoms with Crippen molar-refractivity contribution in [2.45, 2.75) is 102 Å². The molecule has 4 N–H and O–H groups in total. The van der Waals surface area contributed by atoms with Gasteiger partial charge in [-0.1, -0.05) is 27.2 Å². The predicted octanol–water partition coefficient (Wildman–Crippen LogP) is 3.69. The lowest BCUT2D eigenvalue weighted by molar-refractivity contribution is -0.150. The number of alkyl halides is 3. The number of rotatable bonds is 5. The molecule has 0 aromatic rings. The van der Waals surface area contributed by atoms with Crippen LogP contribution in [0.3, 0.4) is 0 Å². The number of guanidine groups is 1. The topological polar surface area (TPSA) is 69.7 Å². The normalized spacial score (nSPS) is 43.2. The van der Waals surface area contributed by atoms with Gasteiger partial charge in [0.05, 0.1) is 18.4 Å². The van der Waals surface area contributed by atoms with E-state index in [0.717, 1.165) is 44.7 Å². The van der Waals surface area contributed by atoms with Gasteiger partial charge in [0, 0.05) is 26.7 Å². The second-order valence-electron chi connectivity index (χ2n) is 13.6. The Bertz CT molecular complexity index is 830. The minimum atomic E-state index is -4.19. The first-order valence-electron chi connectivity index (χ1n) is 15.0. The number of hydrogen-bond acceptors (Lipinski definition) is 5. The molecular formula is C28H50F3N7. The van der Waals surface area contributed by atoms with Gasteiger partial charge < -0.3 is 9.80 Å². The number of nitrogens with zero attached hydrogens (tertiary/aromatic N) is 3. The zero-order valence-electron chi connectivity index (χ0n) is 23.9. The van der Waals surface area contributed by atoms with Crippen LogP contribution in [0.5, 0.6) is 0 Å². The lowest BCUT2D eigenvalue weighted by Crippen LogP contribution is -2.67. The van der Waals surface area contributed by atoms with Crippen LogP contribution in [0.25, 0.3) is 0 Å². The summed E-state index contributed by atoms with van der Waals surface area (Å²) in [6.07, 6.45) is 3.80. The summed E-state index contributed by atoms with van der Waals surface area (Å²) in [6, 6.07) is -1.18. The summed E-state index contributed by atoms with van der Waals surface area (Å²) in [6.45, 7) is 8.89. The highest BCUT2D eigenvalue weighted by Gasteiger charge is 2.50. The van der Waals surface area contributed by atoms with E-state index >= 15 is 0 Å². The third-order valence-corrected chi connectivity index (χ3v) is 10.7. The van der Waals surface area contributed by atoms with E-state index in [-0.39, 0.29) is 37.0 Å². The van der Waals surface area contributed by atoms with E-state index in [4.69, 9.17) is 5.41 Å². The number of likely N-dealkylation sites (N-methyl/N-ethyl adjacent to an activating group) is 2. The van der Waals surface area contributed by atoms with Gasteiger partial charge in [-0.2, -0.15) is 13.2 Å². The van der Waals surface area contributed by atoms with Crippen molar-refractivity contribution < 1.29 is 13.2 Å². The second kappa shape index (κ2) is 11.1. The van der Waals surface area contributed by atoms with Crippen molar-refractivity contribution in [3.05, 3.63) is 0 Å². The lowest BCUT2D eigenvalue weighted by Gasteiger charge is -2.47. The van der Waals surface area contributed by atoms with Crippen molar-refractivity contribution in [3.8, 4) is 0 Å². The molecule has 8 atom stereocenters. The van der Waals surface area contributed by atoms with Crippen LogP contribution in [0, 0.1) is 40.9 Å². The van der Waals surface area contributed by atoms with Crippen molar-refractivity contribution in [3.63, 3.8) is 0 Å². The first-order chi connectivity index (χ1) is 17.9. The van der Waals surface area contributed by atoms with Gasteiger partial charge in [0.2, 0.25) is 0 Å². The first kappa shape index (κ1) is 28.4. The van der Waals surface area contributed by atoms with E-state index in [1.165, 1.54) is 19.3 Å². The molecule has 5 rings (SSSR count). The fourth-order valence-electron chi connectivity index (χ4n) is 8.43. The van der Waals surface area contributed by atoms with Gasteiger partial charge in [0.1, 0.15) is 12.2 Å². The number of halogens is 3. The molecule has 3 aliphatic heterocycles. The highest BCUT2D eigenvalue weighted by Crippen LogP contribution is 2.41. The van der Waals surface area contributed by atoms with E-state index in [1.54, 1.807) is 0 Å². The van der Waals surface area contributed by atoms with Crippen molar-refractivity contribution in [2.75, 3.05) is 33.7 Å². The Labute approximate surface area is 227 Å². The molecular weight excluding hydrogens is 491 g/mol. The number of fused-ring (bicyclic) bond motifs is 1. The molecule has 2 aliphatic carbocycles. The molecule has 7 nitrogen and oxygen atoms in total. The quantitative estimate of drug-likeness (QED) is 0.426. The smallest absolute Gasteiger partial charge is 0.338 e. The van der Waals surface area contributed by atoms with Gasteiger partial charge in [-0.05, 0) is 81.1 Å². The summed E-state index contributed by atoms with van der Waals surface area (Å²) >= 11 is 0. The van der Waals surface area contributed by atoms with Crippen molar-refractivity contribution in [2.24, 2.45) is 35.5 Å². The van der Waals surface area contributed by atoms with E-state index in [1.807, 2.05) is 19.0 Å². The van der Waals surface area contributed by atoms with Crippen LogP contribution in [0.1, 0.15) is 65.7 Å². The average molecular weight is 542 g/mol. The van der Waals surface area contributed by atoms with Crippen LogP contribution in [-0.4, -0.2) is 91.1 Å². The van der Waals surface area contributed by atoms with Crippen LogP contribution < -0.4 is 16.0 Å². The number of hydrogen-bond donors (Lipinski definition) is 4. The zero-order valence-corrected chi connectivity index (χ0v) is 23.9. The Hall–Kier alpha value is -1.10. The molecule has 0 aromatic heterocycles. The van der Waals surface area contributed by atoms with Gasteiger partial charge in [0.15, 0.2) is 5.96 Å². The molecule has 10 heteroatoms. The molecule has 5 fully saturated rings. The Kier molecular flexibility index (Phi) is 8.27. The monoisotopic (exact) mass is 541 g/mol. The van der Waals surface area contributed by atoms with Crippen LogP contribution in [0.2, 0.25) is 0 Å². The highest BCUT2D eigenvalue weighted by atomic mass is 19.4. The van der Waals surface area contributed by atoms with E-state index in [0.29, 0.717) is 29.6 Å². The summed E-state index contributed by atoms with van der Waals surface area (Å²) in [5.41, 5.74) is 0. The maximum absolute atomic E-state index is 13.3. The van der Waals surface area contributed by atoms with E-state index in [9.17, 15) is 13.2 Å². The number of nitrogens with one attached hydrogen (secondary N) is 4. The van der Waals surface area contributed by atoms with Crippen LogP contribution >= 0.6 is 0 Å². The van der Waals surface area contributed by atoms with Gasteiger partial charge in [0.25, 0.3) is 0 Å². The molecule has 0 spiro atoms. The van der Waals surface area contributed by atoms with Crippen molar-refractivity contribution >= 4 is 5.96 Å². The summed E-state index contributed by atoms with van der Waals surface area (Å²) in [5, 5.41) is 19.6. The van der Waals surface area contributed by atoms with Crippen molar-refractivity contribution in [1.29, 1.82) is 5.41 Å². The SMILES string of the molecule is CC1CCC(C(C)C)C(C2NCC3C(N2)N(CC2CCC(C4NC(C(F)(F)F)CN4C)CC2)C(=N)N3C)C1.